The number of nitrogens with two attached hydrogens (primary N) is 1. The number of aryl methyl sites for hydroxylation is 2. The molecule has 0 radical (unpaired) electrons. The zero-order valence-electron chi connectivity index (χ0n) is 14.3. The Morgan fingerprint density at radius 1 is 1.21 bits per heavy atom. The molecule has 0 aromatic heterocycles. The Bertz CT molecular complexity index is 695. The molecule has 0 heterocycles. The first-order valence-corrected chi connectivity index (χ1v) is 9.88. The van der Waals surface area contributed by atoms with Crippen LogP contribution in [0.4, 0.5) is 0 Å². The number of ether oxygens (including phenoxy) is 1. The van der Waals surface area contributed by atoms with Crippen LogP contribution < -0.4 is 15.2 Å². The first-order valence-electron chi connectivity index (χ1n) is 8.33. The first kappa shape index (κ1) is 18.7. The molecular weight excluding hydrogens is 328 g/mol. The fourth-order valence-electron chi connectivity index (χ4n) is 3.07. The van der Waals surface area contributed by atoms with Gasteiger partial charge >= 0.3 is 0 Å². The fourth-order valence-corrected chi connectivity index (χ4v) is 3.92. The second-order valence-electron chi connectivity index (χ2n) is 6.40. The lowest BCUT2D eigenvalue weighted by Crippen LogP contribution is -2.34. The molecule has 1 aromatic carbocycles. The van der Waals surface area contributed by atoms with Crippen molar-refractivity contribution in [2.24, 2.45) is 11.1 Å². The van der Waals surface area contributed by atoms with E-state index in [1.807, 2.05) is 0 Å². The second kappa shape index (κ2) is 7.98. The molecule has 24 heavy (non-hydrogen) atoms. The number of rotatable bonds is 6. The van der Waals surface area contributed by atoms with Crippen LogP contribution in [0.15, 0.2) is 17.0 Å². The van der Waals surface area contributed by atoms with Crippen molar-refractivity contribution in [2.75, 3.05) is 13.2 Å². The third-order valence-corrected chi connectivity index (χ3v) is 5.47. The van der Waals surface area contributed by atoms with E-state index in [0.29, 0.717) is 30.0 Å². The maximum absolute atomic E-state index is 12.0. The molecule has 0 atom stereocenters. The Balaban J connectivity index is 1.86. The number of carbonyl (C=O) groups is 1. The quantitative estimate of drug-likeness (QED) is 0.764. The molecule has 0 saturated heterocycles. The number of hydrogen-bond donors (Lipinski definition) is 2. The highest BCUT2D eigenvalue weighted by atomic mass is 32.2. The molecule has 0 spiro atoms. The SMILES string of the molecule is Cc1cc(S(N)(=O)=O)c(C)cc1OCCNC(=O)C1CCCCC1. The number of nitrogens with one attached hydrogen (secondary N) is 1. The number of hydrogen-bond acceptors (Lipinski definition) is 4. The molecule has 1 aromatic rings. The monoisotopic (exact) mass is 354 g/mol. The zero-order chi connectivity index (χ0) is 17.7. The van der Waals surface area contributed by atoms with Crippen LogP contribution >= 0.6 is 0 Å². The molecule has 1 fully saturated rings. The molecular formula is C17H26N2O4S. The number of sulfonamides is 1. The van der Waals surface area contributed by atoms with E-state index in [-0.39, 0.29) is 16.7 Å². The van der Waals surface area contributed by atoms with Crippen molar-refractivity contribution in [1.82, 2.24) is 5.32 Å². The number of primary sulfonamides is 1. The van der Waals surface area contributed by atoms with Gasteiger partial charge in [-0.15, -0.1) is 0 Å². The summed E-state index contributed by atoms with van der Waals surface area (Å²) < 4.78 is 28.7. The van der Waals surface area contributed by atoms with Crippen LogP contribution in [0.1, 0.15) is 43.2 Å². The highest BCUT2D eigenvalue weighted by Crippen LogP contribution is 2.25. The van der Waals surface area contributed by atoms with Gasteiger partial charge in [0.15, 0.2) is 0 Å². The summed E-state index contributed by atoms with van der Waals surface area (Å²) in [6.07, 6.45) is 5.42. The van der Waals surface area contributed by atoms with Gasteiger partial charge < -0.3 is 10.1 Å². The maximum Gasteiger partial charge on any atom is 0.238 e. The lowest BCUT2D eigenvalue weighted by Gasteiger charge is -2.20. The van der Waals surface area contributed by atoms with Gasteiger partial charge in [-0.1, -0.05) is 19.3 Å². The summed E-state index contributed by atoms with van der Waals surface area (Å²) in [5.74, 6) is 0.847. The number of benzene rings is 1. The number of carbonyl (C=O) groups excluding carboxylic acids is 1. The Hall–Kier alpha value is -1.60. The van der Waals surface area contributed by atoms with Crippen molar-refractivity contribution in [3.05, 3.63) is 23.3 Å². The molecule has 134 valence electrons. The van der Waals surface area contributed by atoms with E-state index in [9.17, 15) is 13.2 Å². The van der Waals surface area contributed by atoms with Gasteiger partial charge in [-0.3, -0.25) is 4.79 Å². The van der Waals surface area contributed by atoms with Crippen LogP contribution in [-0.4, -0.2) is 27.5 Å². The molecule has 1 saturated carbocycles. The van der Waals surface area contributed by atoms with Gasteiger partial charge in [0.05, 0.1) is 11.4 Å². The number of amides is 1. The molecule has 1 amide bonds. The van der Waals surface area contributed by atoms with Crippen LogP contribution in [0.5, 0.6) is 5.75 Å². The summed E-state index contributed by atoms with van der Waals surface area (Å²) in [5, 5.41) is 8.10. The standard InChI is InChI=1S/C17H26N2O4S/c1-12-11-16(24(18,21)22)13(2)10-15(12)23-9-8-19-17(20)14-6-4-3-5-7-14/h10-11,14H,3-9H2,1-2H3,(H,19,20)(H2,18,21,22). The van der Waals surface area contributed by atoms with Gasteiger partial charge in [0, 0.05) is 5.92 Å². The fraction of sp³-hybridized carbons (Fsp3) is 0.588. The Morgan fingerprint density at radius 3 is 2.50 bits per heavy atom. The minimum absolute atomic E-state index is 0.107. The van der Waals surface area contributed by atoms with Gasteiger partial charge in [-0.2, -0.15) is 0 Å². The van der Waals surface area contributed by atoms with Gasteiger partial charge in [0.25, 0.3) is 0 Å². The summed E-state index contributed by atoms with van der Waals surface area (Å²) in [6, 6.07) is 3.18. The van der Waals surface area contributed by atoms with Gasteiger partial charge in [0.2, 0.25) is 15.9 Å². The molecule has 1 aliphatic carbocycles. The van der Waals surface area contributed by atoms with Crippen LogP contribution in [0.2, 0.25) is 0 Å². The minimum atomic E-state index is -3.73. The van der Waals surface area contributed by atoms with Gasteiger partial charge in [0.1, 0.15) is 12.4 Å². The molecule has 0 aliphatic heterocycles. The molecule has 0 bridgehead atoms. The van der Waals surface area contributed by atoms with Crippen molar-refractivity contribution in [2.45, 2.75) is 50.8 Å². The highest BCUT2D eigenvalue weighted by Gasteiger charge is 2.20. The molecule has 1 aliphatic rings. The highest BCUT2D eigenvalue weighted by molar-refractivity contribution is 7.89. The van der Waals surface area contributed by atoms with Crippen LogP contribution in [0, 0.1) is 19.8 Å². The predicted molar refractivity (Wildman–Crippen MR) is 92.4 cm³/mol. The lowest BCUT2D eigenvalue weighted by atomic mass is 9.89. The molecule has 2 rings (SSSR count). The Morgan fingerprint density at radius 2 is 1.88 bits per heavy atom. The summed E-state index contributed by atoms with van der Waals surface area (Å²) >= 11 is 0. The largest absolute Gasteiger partial charge is 0.491 e. The van der Waals surface area contributed by atoms with Gasteiger partial charge in [-0.25, -0.2) is 13.6 Å². The van der Waals surface area contributed by atoms with Crippen LogP contribution in [0.25, 0.3) is 0 Å². The van der Waals surface area contributed by atoms with Crippen molar-refractivity contribution >= 4 is 15.9 Å². The third-order valence-electron chi connectivity index (χ3n) is 4.41. The first-order chi connectivity index (χ1) is 11.3. The second-order valence-corrected chi connectivity index (χ2v) is 7.93. The molecule has 3 N–H and O–H groups in total. The molecule has 0 unspecified atom stereocenters. The third kappa shape index (κ3) is 4.95. The van der Waals surface area contributed by atoms with E-state index < -0.39 is 10.0 Å². The Kier molecular flexibility index (Phi) is 6.23. The molecule has 7 heteroatoms. The summed E-state index contributed by atoms with van der Waals surface area (Å²) in [7, 11) is -3.73. The topological polar surface area (TPSA) is 98.5 Å². The summed E-state index contributed by atoms with van der Waals surface area (Å²) in [5.41, 5.74) is 1.24. The van der Waals surface area contributed by atoms with Crippen molar-refractivity contribution in [3.8, 4) is 5.75 Å². The van der Waals surface area contributed by atoms with Crippen molar-refractivity contribution in [1.29, 1.82) is 0 Å². The predicted octanol–water partition coefficient (Wildman–Crippen LogP) is 2.03. The van der Waals surface area contributed by atoms with E-state index in [0.717, 1.165) is 25.7 Å². The summed E-state index contributed by atoms with van der Waals surface area (Å²) in [6.45, 7) is 4.22. The average molecular weight is 354 g/mol. The van der Waals surface area contributed by atoms with E-state index >= 15 is 0 Å². The normalized spacial score (nSPS) is 16.0. The van der Waals surface area contributed by atoms with Crippen molar-refractivity contribution < 1.29 is 17.9 Å². The Labute approximate surface area is 143 Å². The zero-order valence-corrected chi connectivity index (χ0v) is 15.1. The van der Waals surface area contributed by atoms with Crippen LogP contribution in [-0.2, 0) is 14.8 Å². The van der Waals surface area contributed by atoms with Crippen molar-refractivity contribution in [3.63, 3.8) is 0 Å². The lowest BCUT2D eigenvalue weighted by molar-refractivity contribution is -0.126. The molecule has 6 nitrogen and oxygen atoms in total. The van der Waals surface area contributed by atoms with E-state index in [1.54, 1.807) is 19.9 Å². The maximum atomic E-state index is 12.0. The minimum Gasteiger partial charge on any atom is -0.491 e. The van der Waals surface area contributed by atoms with Crippen LogP contribution in [0.3, 0.4) is 0 Å². The van der Waals surface area contributed by atoms with Gasteiger partial charge in [-0.05, 0) is 49.9 Å². The van der Waals surface area contributed by atoms with E-state index in [2.05, 4.69) is 5.32 Å². The van der Waals surface area contributed by atoms with E-state index in [4.69, 9.17) is 9.88 Å². The van der Waals surface area contributed by atoms with E-state index in [1.165, 1.54) is 12.5 Å². The average Bonchev–Trinajstić information content (AvgIpc) is 2.53. The smallest absolute Gasteiger partial charge is 0.238 e. The summed E-state index contributed by atoms with van der Waals surface area (Å²) in [4.78, 5) is 12.1.